The fraction of sp³-hybridized carbons (Fsp3) is 0.500. The summed E-state index contributed by atoms with van der Waals surface area (Å²) in [5.41, 5.74) is 4.74. The van der Waals surface area contributed by atoms with Crippen LogP contribution in [-0.2, 0) is 9.84 Å². The minimum absolute atomic E-state index is 0.0562. The van der Waals surface area contributed by atoms with Crippen LogP contribution in [0.15, 0.2) is 23.1 Å². The van der Waals surface area contributed by atoms with Crippen LogP contribution in [0.3, 0.4) is 0 Å². The molecule has 0 unspecified atom stereocenters. The Labute approximate surface area is 134 Å². The summed E-state index contributed by atoms with van der Waals surface area (Å²) in [6, 6.07) is 3.17. The Morgan fingerprint density at radius 3 is 2.43 bits per heavy atom. The molecule has 23 heavy (non-hydrogen) atoms. The molecule has 1 saturated carbocycles. The summed E-state index contributed by atoms with van der Waals surface area (Å²) >= 11 is 0. The number of nitrogens with two attached hydrogens (primary N) is 1. The van der Waals surface area contributed by atoms with Gasteiger partial charge in [0.15, 0.2) is 9.84 Å². The predicted octanol–water partition coefficient (Wildman–Crippen LogP) is 1.000. The predicted molar refractivity (Wildman–Crippen MR) is 83.9 cm³/mol. The Balaban J connectivity index is 2.39. The molecule has 3 N–H and O–H groups in total. The molecule has 8 nitrogen and oxygen atoms in total. The molecule has 0 radical (unpaired) electrons. The molecule has 1 fully saturated rings. The minimum atomic E-state index is -3.67. The molecule has 126 valence electrons. The molecule has 1 aliphatic rings. The first-order valence-corrected chi connectivity index (χ1v) is 9.08. The van der Waals surface area contributed by atoms with Crippen molar-refractivity contribution in [2.24, 2.45) is 5.73 Å². The van der Waals surface area contributed by atoms with Crippen molar-refractivity contribution in [2.75, 3.05) is 12.8 Å². The van der Waals surface area contributed by atoms with Crippen LogP contribution in [0, 0.1) is 10.1 Å². The molecule has 0 bridgehead atoms. The van der Waals surface area contributed by atoms with Crippen LogP contribution in [0.4, 0.5) is 5.69 Å². The van der Waals surface area contributed by atoms with E-state index < -0.39 is 31.9 Å². The summed E-state index contributed by atoms with van der Waals surface area (Å²) < 4.78 is 23.3. The fourth-order valence-electron chi connectivity index (χ4n) is 2.78. The summed E-state index contributed by atoms with van der Waals surface area (Å²) in [6.45, 7) is 0.270. The van der Waals surface area contributed by atoms with Gasteiger partial charge in [0.25, 0.3) is 11.6 Å². The van der Waals surface area contributed by atoms with Crippen LogP contribution in [0.5, 0.6) is 0 Å². The maximum atomic E-state index is 12.4. The Bertz CT molecular complexity index is 739. The number of hydrogen-bond donors (Lipinski definition) is 2. The molecular weight excluding hydrogens is 322 g/mol. The van der Waals surface area contributed by atoms with E-state index >= 15 is 0 Å². The van der Waals surface area contributed by atoms with Crippen molar-refractivity contribution in [1.82, 2.24) is 5.32 Å². The first kappa shape index (κ1) is 17.4. The van der Waals surface area contributed by atoms with Gasteiger partial charge in [0.1, 0.15) is 0 Å². The quantitative estimate of drug-likeness (QED) is 0.606. The first-order chi connectivity index (χ1) is 10.7. The van der Waals surface area contributed by atoms with Gasteiger partial charge in [-0.25, -0.2) is 8.42 Å². The Hall–Kier alpha value is -2.00. The molecule has 0 saturated heterocycles. The van der Waals surface area contributed by atoms with Crippen LogP contribution in [0.25, 0.3) is 0 Å². The van der Waals surface area contributed by atoms with E-state index in [1.807, 2.05) is 0 Å². The zero-order valence-corrected chi connectivity index (χ0v) is 13.6. The van der Waals surface area contributed by atoms with Crippen LogP contribution in [-0.4, -0.2) is 37.6 Å². The number of carbonyl (C=O) groups is 1. The highest BCUT2D eigenvalue weighted by Crippen LogP contribution is 2.29. The van der Waals surface area contributed by atoms with Gasteiger partial charge >= 0.3 is 0 Å². The highest BCUT2D eigenvalue weighted by molar-refractivity contribution is 7.90. The number of benzene rings is 1. The van der Waals surface area contributed by atoms with Gasteiger partial charge in [-0.15, -0.1) is 0 Å². The number of amides is 1. The first-order valence-electron chi connectivity index (χ1n) is 7.19. The summed E-state index contributed by atoms with van der Waals surface area (Å²) in [5.74, 6) is -0.550. The number of nitrogens with zero attached hydrogens (tertiary/aromatic N) is 1. The number of nitrogens with one attached hydrogen (secondary N) is 1. The van der Waals surface area contributed by atoms with Gasteiger partial charge in [0, 0.05) is 30.5 Å². The van der Waals surface area contributed by atoms with Crippen LogP contribution >= 0.6 is 0 Å². The molecule has 1 aromatic carbocycles. The minimum Gasteiger partial charge on any atom is -0.345 e. The average molecular weight is 341 g/mol. The molecule has 1 aliphatic carbocycles. The molecule has 0 atom stereocenters. The second-order valence-electron chi connectivity index (χ2n) is 5.89. The number of hydrogen-bond acceptors (Lipinski definition) is 6. The summed E-state index contributed by atoms with van der Waals surface area (Å²) in [7, 11) is -3.67. The number of non-ortho nitro benzene ring substituents is 1. The Kier molecular flexibility index (Phi) is 4.71. The molecule has 0 aliphatic heterocycles. The fourth-order valence-corrected chi connectivity index (χ4v) is 3.45. The number of rotatable bonds is 5. The van der Waals surface area contributed by atoms with Gasteiger partial charge in [-0.3, -0.25) is 14.9 Å². The van der Waals surface area contributed by atoms with Crippen molar-refractivity contribution in [2.45, 2.75) is 36.1 Å². The summed E-state index contributed by atoms with van der Waals surface area (Å²) in [5, 5.41) is 13.8. The van der Waals surface area contributed by atoms with E-state index in [0.29, 0.717) is 0 Å². The zero-order valence-electron chi connectivity index (χ0n) is 12.7. The van der Waals surface area contributed by atoms with Gasteiger partial charge in [-0.05, 0) is 18.9 Å². The Morgan fingerprint density at radius 1 is 1.35 bits per heavy atom. The van der Waals surface area contributed by atoms with Crippen LogP contribution in [0.1, 0.15) is 36.0 Å². The second-order valence-corrected chi connectivity index (χ2v) is 7.91. The molecule has 1 aromatic rings. The summed E-state index contributed by atoms with van der Waals surface area (Å²) in [4.78, 5) is 22.4. The van der Waals surface area contributed by atoms with E-state index in [0.717, 1.165) is 50.1 Å². The van der Waals surface area contributed by atoms with Gasteiger partial charge in [-0.2, -0.15) is 0 Å². The molecule has 0 aromatic heterocycles. The monoisotopic (exact) mass is 341 g/mol. The lowest BCUT2D eigenvalue weighted by molar-refractivity contribution is -0.385. The molecule has 2 rings (SSSR count). The molecule has 0 spiro atoms. The smallest absolute Gasteiger partial charge is 0.271 e. The van der Waals surface area contributed by atoms with Crippen molar-refractivity contribution in [3.63, 3.8) is 0 Å². The van der Waals surface area contributed by atoms with E-state index in [-0.39, 0.29) is 17.0 Å². The molecule has 1 amide bonds. The van der Waals surface area contributed by atoms with Gasteiger partial charge in [-0.1, -0.05) is 12.8 Å². The lowest BCUT2D eigenvalue weighted by Gasteiger charge is -2.28. The average Bonchev–Trinajstić information content (AvgIpc) is 2.95. The topological polar surface area (TPSA) is 132 Å². The zero-order chi connectivity index (χ0) is 17.3. The Morgan fingerprint density at radius 2 is 1.96 bits per heavy atom. The van der Waals surface area contributed by atoms with E-state index in [9.17, 15) is 23.3 Å². The van der Waals surface area contributed by atoms with Crippen molar-refractivity contribution in [3.05, 3.63) is 33.9 Å². The largest absolute Gasteiger partial charge is 0.345 e. The normalized spacial score (nSPS) is 17.0. The van der Waals surface area contributed by atoms with E-state index in [2.05, 4.69) is 5.32 Å². The lowest BCUT2D eigenvalue weighted by Crippen LogP contribution is -2.51. The SMILES string of the molecule is CS(=O)(=O)c1cc(C(=O)NC2(CN)CCCC2)cc([N+](=O)[O-])c1. The van der Waals surface area contributed by atoms with E-state index in [1.54, 1.807) is 0 Å². The lowest BCUT2D eigenvalue weighted by atomic mass is 9.97. The highest BCUT2D eigenvalue weighted by Gasteiger charge is 2.34. The van der Waals surface area contributed by atoms with Gasteiger partial charge in [0.05, 0.1) is 15.4 Å². The highest BCUT2D eigenvalue weighted by atomic mass is 32.2. The maximum absolute atomic E-state index is 12.4. The second kappa shape index (κ2) is 6.25. The number of nitro groups is 1. The maximum Gasteiger partial charge on any atom is 0.271 e. The third kappa shape index (κ3) is 3.85. The number of nitro benzene ring substituents is 1. The van der Waals surface area contributed by atoms with Crippen LogP contribution in [0.2, 0.25) is 0 Å². The summed E-state index contributed by atoms with van der Waals surface area (Å²) in [6.07, 6.45) is 4.31. The third-order valence-corrected chi connectivity index (χ3v) is 5.21. The van der Waals surface area contributed by atoms with Gasteiger partial charge < -0.3 is 11.1 Å². The van der Waals surface area contributed by atoms with Gasteiger partial charge in [0.2, 0.25) is 0 Å². The number of sulfone groups is 1. The number of carbonyl (C=O) groups excluding carboxylic acids is 1. The van der Waals surface area contributed by atoms with Crippen molar-refractivity contribution in [1.29, 1.82) is 0 Å². The third-order valence-electron chi connectivity index (χ3n) is 4.12. The molecular formula is C14H19N3O5S. The van der Waals surface area contributed by atoms with Crippen LogP contribution < -0.4 is 11.1 Å². The van der Waals surface area contributed by atoms with Crippen molar-refractivity contribution >= 4 is 21.4 Å². The van der Waals surface area contributed by atoms with Crippen molar-refractivity contribution < 1.29 is 18.1 Å². The van der Waals surface area contributed by atoms with E-state index in [4.69, 9.17) is 5.73 Å². The molecule has 0 heterocycles. The van der Waals surface area contributed by atoms with Crippen molar-refractivity contribution in [3.8, 4) is 0 Å². The van der Waals surface area contributed by atoms with E-state index in [1.165, 1.54) is 0 Å². The standard InChI is InChI=1S/C14H19N3O5S/c1-23(21,22)12-7-10(6-11(8-12)17(19)20)13(18)16-14(9-15)4-2-3-5-14/h6-8H,2-5,9,15H2,1H3,(H,16,18). The molecule has 9 heteroatoms.